The van der Waals surface area contributed by atoms with Gasteiger partial charge >= 0.3 is 0 Å². The second-order valence-corrected chi connectivity index (χ2v) is 6.16. The molecule has 1 aliphatic heterocycles. The molecule has 0 saturated carbocycles. The molecule has 18 heavy (non-hydrogen) atoms. The van der Waals surface area contributed by atoms with E-state index in [1.54, 1.807) is 0 Å². The lowest BCUT2D eigenvalue weighted by molar-refractivity contribution is 0.0314. The van der Waals surface area contributed by atoms with Gasteiger partial charge in [-0.3, -0.25) is 0 Å². The van der Waals surface area contributed by atoms with Gasteiger partial charge in [-0.05, 0) is 12.5 Å². The first kappa shape index (κ1) is 13.5. The SMILES string of the molecule is CCC1COCCN1S(=O)(=O)c1c[nH]c(CO)c1. The number of aliphatic hydroxyl groups is 1. The number of hydrogen-bond acceptors (Lipinski definition) is 4. The first-order chi connectivity index (χ1) is 8.59. The van der Waals surface area contributed by atoms with E-state index < -0.39 is 10.0 Å². The molecule has 1 saturated heterocycles. The van der Waals surface area contributed by atoms with Gasteiger partial charge in [0.25, 0.3) is 0 Å². The number of hydrogen-bond donors (Lipinski definition) is 2. The standard InChI is InChI=1S/C11H18N2O4S/c1-2-10-8-17-4-3-13(10)18(15,16)11-5-9(7-14)12-6-11/h5-6,10,12,14H,2-4,7-8H2,1H3. The molecule has 6 nitrogen and oxygen atoms in total. The van der Waals surface area contributed by atoms with E-state index in [1.165, 1.54) is 16.6 Å². The van der Waals surface area contributed by atoms with Crippen molar-refractivity contribution in [3.05, 3.63) is 18.0 Å². The maximum Gasteiger partial charge on any atom is 0.244 e. The van der Waals surface area contributed by atoms with E-state index in [1.807, 2.05) is 6.92 Å². The van der Waals surface area contributed by atoms with Crippen molar-refractivity contribution in [2.45, 2.75) is 30.9 Å². The molecular weight excluding hydrogens is 256 g/mol. The van der Waals surface area contributed by atoms with Crippen LogP contribution in [0.1, 0.15) is 19.0 Å². The number of aliphatic hydroxyl groups excluding tert-OH is 1. The van der Waals surface area contributed by atoms with Crippen molar-refractivity contribution in [3.8, 4) is 0 Å². The number of ether oxygens (including phenoxy) is 1. The van der Waals surface area contributed by atoms with Gasteiger partial charge in [0.15, 0.2) is 0 Å². The molecule has 0 aromatic carbocycles. The van der Waals surface area contributed by atoms with E-state index in [4.69, 9.17) is 9.84 Å². The van der Waals surface area contributed by atoms with Crippen LogP contribution >= 0.6 is 0 Å². The fourth-order valence-electron chi connectivity index (χ4n) is 2.07. The van der Waals surface area contributed by atoms with Gasteiger partial charge in [-0.2, -0.15) is 4.31 Å². The molecule has 7 heteroatoms. The molecule has 0 amide bonds. The molecule has 0 spiro atoms. The fourth-order valence-corrected chi connectivity index (χ4v) is 3.76. The summed E-state index contributed by atoms with van der Waals surface area (Å²) in [4.78, 5) is 2.95. The lowest BCUT2D eigenvalue weighted by Gasteiger charge is -2.33. The molecule has 2 heterocycles. The van der Waals surface area contributed by atoms with Crippen molar-refractivity contribution in [3.63, 3.8) is 0 Å². The van der Waals surface area contributed by atoms with Gasteiger partial charge in [0, 0.05) is 24.5 Å². The zero-order valence-corrected chi connectivity index (χ0v) is 11.1. The number of rotatable bonds is 4. The van der Waals surface area contributed by atoms with E-state index in [0.29, 0.717) is 25.5 Å². The van der Waals surface area contributed by atoms with Gasteiger partial charge < -0.3 is 14.8 Å². The Morgan fingerprint density at radius 3 is 3.00 bits per heavy atom. The first-order valence-electron chi connectivity index (χ1n) is 5.97. The van der Waals surface area contributed by atoms with Crippen molar-refractivity contribution in [1.29, 1.82) is 0 Å². The van der Waals surface area contributed by atoms with Crippen LogP contribution in [0.4, 0.5) is 0 Å². The lowest BCUT2D eigenvalue weighted by atomic mass is 10.2. The number of aromatic amines is 1. The minimum absolute atomic E-state index is 0.115. The number of sulfonamides is 1. The quantitative estimate of drug-likeness (QED) is 0.827. The van der Waals surface area contributed by atoms with E-state index in [9.17, 15) is 8.42 Å². The molecule has 1 atom stereocenters. The molecule has 1 fully saturated rings. The topological polar surface area (TPSA) is 82.6 Å². The van der Waals surface area contributed by atoms with Crippen LogP contribution < -0.4 is 0 Å². The number of H-pyrrole nitrogens is 1. The summed E-state index contributed by atoms with van der Waals surface area (Å²) in [6, 6.07) is 1.36. The molecule has 1 aromatic rings. The predicted molar refractivity (Wildman–Crippen MR) is 65.5 cm³/mol. The van der Waals surface area contributed by atoms with Gasteiger partial charge in [-0.15, -0.1) is 0 Å². The average Bonchev–Trinajstić information content (AvgIpc) is 2.88. The second kappa shape index (κ2) is 5.40. The summed E-state index contributed by atoms with van der Waals surface area (Å²) in [5, 5.41) is 8.97. The molecule has 2 rings (SSSR count). The zero-order valence-electron chi connectivity index (χ0n) is 10.3. The molecule has 1 aromatic heterocycles. The molecule has 0 aliphatic carbocycles. The van der Waals surface area contributed by atoms with Crippen molar-refractivity contribution in [2.24, 2.45) is 0 Å². The fraction of sp³-hybridized carbons (Fsp3) is 0.636. The van der Waals surface area contributed by atoms with Crippen LogP contribution in [0.5, 0.6) is 0 Å². The van der Waals surface area contributed by atoms with Gasteiger partial charge in [-0.25, -0.2) is 8.42 Å². The van der Waals surface area contributed by atoms with E-state index in [-0.39, 0.29) is 17.5 Å². The minimum Gasteiger partial charge on any atom is -0.390 e. The Morgan fingerprint density at radius 2 is 2.39 bits per heavy atom. The summed E-state index contributed by atoms with van der Waals surface area (Å²) < 4.78 is 31.7. The number of nitrogens with one attached hydrogen (secondary N) is 1. The zero-order chi connectivity index (χ0) is 13.2. The third kappa shape index (κ3) is 2.44. The summed E-state index contributed by atoms with van der Waals surface area (Å²) >= 11 is 0. The molecule has 2 N–H and O–H groups in total. The Kier molecular flexibility index (Phi) is 4.06. The molecule has 1 unspecified atom stereocenters. The third-order valence-electron chi connectivity index (χ3n) is 3.14. The highest BCUT2D eigenvalue weighted by molar-refractivity contribution is 7.89. The smallest absolute Gasteiger partial charge is 0.244 e. The van der Waals surface area contributed by atoms with E-state index in [0.717, 1.165) is 6.42 Å². The largest absolute Gasteiger partial charge is 0.390 e. The van der Waals surface area contributed by atoms with Gasteiger partial charge in [0.2, 0.25) is 10.0 Å². The van der Waals surface area contributed by atoms with Gasteiger partial charge in [-0.1, -0.05) is 6.92 Å². The third-order valence-corrected chi connectivity index (χ3v) is 5.07. The van der Waals surface area contributed by atoms with Crippen LogP contribution in [0, 0.1) is 0 Å². The van der Waals surface area contributed by atoms with Crippen molar-refractivity contribution in [1.82, 2.24) is 9.29 Å². The monoisotopic (exact) mass is 274 g/mol. The highest BCUT2D eigenvalue weighted by Crippen LogP contribution is 2.22. The van der Waals surface area contributed by atoms with Crippen LogP contribution in [-0.2, 0) is 21.4 Å². The maximum atomic E-state index is 12.5. The Hall–Kier alpha value is -0.890. The normalized spacial score (nSPS) is 22.2. The summed E-state index contributed by atoms with van der Waals surface area (Å²) in [5.74, 6) is 0. The molecule has 0 radical (unpaired) electrons. The number of morpholine rings is 1. The maximum absolute atomic E-state index is 12.5. The minimum atomic E-state index is -3.50. The Bertz CT molecular complexity index is 497. The van der Waals surface area contributed by atoms with Crippen molar-refractivity contribution in [2.75, 3.05) is 19.8 Å². The van der Waals surface area contributed by atoms with Crippen LogP contribution in [-0.4, -0.2) is 48.6 Å². The van der Waals surface area contributed by atoms with Crippen LogP contribution in [0.25, 0.3) is 0 Å². The predicted octanol–water partition coefficient (Wildman–Crippen LogP) is 0.307. The first-order valence-corrected chi connectivity index (χ1v) is 7.41. The molecular formula is C11H18N2O4S. The average molecular weight is 274 g/mol. The molecule has 0 bridgehead atoms. The second-order valence-electron chi connectivity index (χ2n) is 4.27. The molecule has 102 valence electrons. The lowest BCUT2D eigenvalue weighted by Crippen LogP contribution is -2.48. The summed E-state index contributed by atoms with van der Waals surface area (Å²) in [5.41, 5.74) is 0.495. The van der Waals surface area contributed by atoms with Crippen LogP contribution in [0.15, 0.2) is 17.2 Å². The van der Waals surface area contributed by atoms with E-state index >= 15 is 0 Å². The van der Waals surface area contributed by atoms with Gasteiger partial charge in [0.05, 0.1) is 24.7 Å². The van der Waals surface area contributed by atoms with Crippen LogP contribution in [0.2, 0.25) is 0 Å². The summed E-state index contributed by atoms with van der Waals surface area (Å²) in [6.45, 7) is 2.98. The molecule has 1 aliphatic rings. The van der Waals surface area contributed by atoms with Crippen molar-refractivity contribution < 1.29 is 18.3 Å². The Morgan fingerprint density at radius 1 is 1.61 bits per heavy atom. The van der Waals surface area contributed by atoms with Gasteiger partial charge in [0.1, 0.15) is 0 Å². The summed E-state index contributed by atoms with van der Waals surface area (Å²) in [6.07, 6.45) is 2.14. The number of aromatic nitrogens is 1. The highest BCUT2D eigenvalue weighted by Gasteiger charge is 2.33. The summed E-state index contributed by atoms with van der Waals surface area (Å²) in [7, 11) is -3.50. The van der Waals surface area contributed by atoms with E-state index in [2.05, 4.69) is 4.98 Å². The van der Waals surface area contributed by atoms with Crippen molar-refractivity contribution >= 4 is 10.0 Å². The number of nitrogens with zero attached hydrogens (tertiary/aromatic N) is 1. The Balaban J connectivity index is 2.28. The Labute approximate surface area is 107 Å². The van der Waals surface area contributed by atoms with Crippen LogP contribution in [0.3, 0.4) is 0 Å². The highest BCUT2D eigenvalue weighted by atomic mass is 32.2.